The molecule has 0 fully saturated rings. The molecule has 0 aromatic heterocycles. The highest BCUT2D eigenvalue weighted by atomic mass is 16.6. The van der Waals surface area contributed by atoms with Gasteiger partial charge in [0.25, 0.3) is 5.69 Å². The molecule has 0 saturated carbocycles. The highest BCUT2D eigenvalue weighted by molar-refractivity contribution is 5.71. The zero-order chi connectivity index (χ0) is 15.8. The van der Waals surface area contributed by atoms with Crippen molar-refractivity contribution >= 4 is 23.0 Å². The molecule has 0 radical (unpaired) electrons. The number of esters is 1. The van der Waals surface area contributed by atoms with Gasteiger partial charge in [-0.2, -0.15) is 5.11 Å². The number of nitrogens with one attached hydrogen (secondary N) is 1. The minimum atomic E-state index is -0.795. The van der Waals surface area contributed by atoms with E-state index in [1.54, 1.807) is 6.92 Å². The number of hydrogen-bond acceptors (Lipinski definition) is 8. The van der Waals surface area contributed by atoms with Crippen LogP contribution in [0.3, 0.4) is 0 Å². The number of nitro groups is 2. The summed E-state index contributed by atoms with van der Waals surface area (Å²) in [6, 6.07) is 3.00. The lowest BCUT2D eigenvalue weighted by atomic mass is 10.2. The van der Waals surface area contributed by atoms with E-state index >= 15 is 0 Å². The van der Waals surface area contributed by atoms with Gasteiger partial charge in [0.05, 0.1) is 22.5 Å². The van der Waals surface area contributed by atoms with Crippen molar-refractivity contribution in [2.75, 3.05) is 18.6 Å². The summed E-state index contributed by atoms with van der Waals surface area (Å²) >= 11 is 0. The smallest absolute Gasteiger partial charge is 0.329 e. The Bertz CT molecular complexity index is 587. The molecule has 0 saturated heterocycles. The van der Waals surface area contributed by atoms with Gasteiger partial charge in [-0.1, -0.05) is 5.22 Å². The second-order valence-corrected chi connectivity index (χ2v) is 3.53. The molecule has 1 aromatic carbocycles. The van der Waals surface area contributed by atoms with E-state index in [9.17, 15) is 25.0 Å². The van der Waals surface area contributed by atoms with Crippen molar-refractivity contribution in [2.45, 2.75) is 6.92 Å². The summed E-state index contributed by atoms with van der Waals surface area (Å²) in [5.41, 5.74) is 1.21. The Morgan fingerprint density at radius 1 is 1.33 bits per heavy atom. The van der Waals surface area contributed by atoms with Crippen molar-refractivity contribution in [1.29, 1.82) is 0 Å². The van der Waals surface area contributed by atoms with Crippen LogP contribution in [0, 0.1) is 20.2 Å². The molecule has 11 heteroatoms. The predicted octanol–water partition coefficient (Wildman–Crippen LogP) is 1.85. The fraction of sp³-hybridized carbons (Fsp3) is 0.300. The van der Waals surface area contributed by atoms with Crippen molar-refractivity contribution in [3.63, 3.8) is 0 Å². The van der Waals surface area contributed by atoms with Crippen LogP contribution in [0.1, 0.15) is 6.92 Å². The number of carbonyl (C=O) groups is 1. The number of benzene rings is 1. The first-order valence-corrected chi connectivity index (χ1v) is 5.66. The van der Waals surface area contributed by atoms with Gasteiger partial charge in [-0.25, -0.2) is 4.79 Å². The fourth-order valence-electron chi connectivity index (χ4n) is 1.27. The van der Waals surface area contributed by atoms with E-state index < -0.39 is 27.2 Å². The first kappa shape index (κ1) is 15.9. The van der Waals surface area contributed by atoms with Crippen LogP contribution < -0.4 is 5.43 Å². The van der Waals surface area contributed by atoms with Crippen molar-refractivity contribution in [1.82, 2.24) is 0 Å². The van der Waals surface area contributed by atoms with E-state index in [0.717, 1.165) is 18.2 Å². The average molecular weight is 297 g/mol. The minimum absolute atomic E-state index is 0.0850. The molecule has 21 heavy (non-hydrogen) atoms. The zero-order valence-corrected chi connectivity index (χ0v) is 10.9. The Kier molecular flexibility index (Phi) is 5.67. The number of non-ortho nitro benzene ring substituents is 1. The summed E-state index contributed by atoms with van der Waals surface area (Å²) in [5, 5.41) is 28.2. The lowest BCUT2D eigenvalue weighted by Gasteiger charge is -2.01. The number of nitrogens with zero attached hydrogens (tertiary/aromatic N) is 4. The number of rotatable bonds is 7. The number of hydrogen-bond donors (Lipinski definition) is 1. The summed E-state index contributed by atoms with van der Waals surface area (Å²) < 4.78 is 4.59. The SMILES string of the molecule is CCOC(=O)CN=NNc1ccc([N+](=O)[O-])cc1[N+](=O)[O-]. The van der Waals surface area contributed by atoms with Crippen LogP contribution in [0.5, 0.6) is 0 Å². The lowest BCUT2D eigenvalue weighted by molar-refractivity contribution is -0.393. The Balaban J connectivity index is 2.79. The van der Waals surface area contributed by atoms with Gasteiger partial charge in [0, 0.05) is 6.07 Å². The highest BCUT2D eigenvalue weighted by Crippen LogP contribution is 2.28. The van der Waals surface area contributed by atoms with Gasteiger partial charge in [-0.05, 0) is 13.0 Å². The second-order valence-electron chi connectivity index (χ2n) is 3.53. The van der Waals surface area contributed by atoms with Crippen LogP contribution >= 0.6 is 0 Å². The number of ether oxygens (including phenoxy) is 1. The van der Waals surface area contributed by atoms with Gasteiger partial charge < -0.3 is 4.74 Å². The third-order valence-corrected chi connectivity index (χ3v) is 2.14. The van der Waals surface area contributed by atoms with Crippen molar-refractivity contribution in [2.24, 2.45) is 10.3 Å². The molecule has 0 atom stereocenters. The molecule has 0 heterocycles. The molecule has 112 valence electrons. The summed E-state index contributed by atoms with van der Waals surface area (Å²) in [6.07, 6.45) is 0. The summed E-state index contributed by atoms with van der Waals surface area (Å²) in [7, 11) is 0. The quantitative estimate of drug-likeness (QED) is 0.349. The van der Waals surface area contributed by atoms with Crippen molar-refractivity contribution < 1.29 is 19.4 Å². The Labute approximate surface area is 117 Å². The van der Waals surface area contributed by atoms with E-state index in [1.807, 2.05) is 0 Å². The highest BCUT2D eigenvalue weighted by Gasteiger charge is 2.19. The van der Waals surface area contributed by atoms with Crippen LogP contribution in [0.2, 0.25) is 0 Å². The Hall–Kier alpha value is -3.11. The molecule has 0 spiro atoms. The molecule has 1 aromatic rings. The van der Waals surface area contributed by atoms with Gasteiger partial charge in [0.1, 0.15) is 5.69 Å². The van der Waals surface area contributed by atoms with Crippen LogP contribution in [0.25, 0.3) is 0 Å². The van der Waals surface area contributed by atoms with Crippen molar-refractivity contribution in [3.05, 3.63) is 38.4 Å². The van der Waals surface area contributed by atoms with Gasteiger partial charge in [0.15, 0.2) is 6.54 Å². The van der Waals surface area contributed by atoms with Gasteiger partial charge in [-0.15, -0.1) is 0 Å². The molecule has 0 aliphatic rings. The second kappa shape index (κ2) is 7.47. The van der Waals surface area contributed by atoms with E-state index in [2.05, 4.69) is 20.5 Å². The van der Waals surface area contributed by atoms with Crippen LogP contribution in [-0.4, -0.2) is 29.0 Å². The summed E-state index contributed by atoms with van der Waals surface area (Å²) in [5.74, 6) is -0.596. The molecule has 1 rings (SSSR count). The standard InChI is InChI=1S/C10H11N5O6/c1-2-21-10(16)6-11-13-12-8-4-3-7(14(17)18)5-9(8)15(19)20/h3-5H,2,6H2,1H3,(H,11,12). The monoisotopic (exact) mass is 297 g/mol. The number of carbonyl (C=O) groups excluding carboxylic acids is 1. The maximum Gasteiger partial charge on any atom is 0.329 e. The summed E-state index contributed by atoms with van der Waals surface area (Å²) in [4.78, 5) is 30.8. The van der Waals surface area contributed by atoms with Crippen LogP contribution in [0.15, 0.2) is 28.5 Å². The van der Waals surface area contributed by atoms with E-state index in [1.165, 1.54) is 0 Å². The van der Waals surface area contributed by atoms with E-state index in [0.29, 0.717) is 0 Å². The Morgan fingerprint density at radius 3 is 2.62 bits per heavy atom. The molecular formula is C10H11N5O6. The average Bonchev–Trinajstić information content (AvgIpc) is 2.43. The Morgan fingerprint density at radius 2 is 2.05 bits per heavy atom. The zero-order valence-electron chi connectivity index (χ0n) is 10.9. The molecular weight excluding hydrogens is 286 g/mol. The first-order chi connectivity index (χ1) is 9.95. The third-order valence-electron chi connectivity index (χ3n) is 2.14. The molecule has 0 unspecified atom stereocenters. The topological polar surface area (TPSA) is 149 Å². The summed E-state index contributed by atoms with van der Waals surface area (Å²) in [6.45, 7) is 1.49. The van der Waals surface area contributed by atoms with Gasteiger partial charge >= 0.3 is 11.7 Å². The molecule has 0 bridgehead atoms. The number of anilines is 1. The largest absolute Gasteiger partial charge is 0.465 e. The molecule has 11 nitrogen and oxygen atoms in total. The molecule has 0 aliphatic carbocycles. The van der Waals surface area contributed by atoms with Gasteiger partial charge in [0.2, 0.25) is 0 Å². The van der Waals surface area contributed by atoms with Crippen LogP contribution in [0.4, 0.5) is 17.1 Å². The van der Waals surface area contributed by atoms with Gasteiger partial charge in [-0.3, -0.25) is 25.7 Å². The molecule has 0 amide bonds. The fourth-order valence-corrected chi connectivity index (χ4v) is 1.27. The number of nitro benzene ring substituents is 2. The normalized spacial score (nSPS) is 10.3. The maximum atomic E-state index is 11.0. The molecule has 0 aliphatic heterocycles. The van der Waals surface area contributed by atoms with E-state index in [-0.39, 0.29) is 18.8 Å². The van der Waals surface area contributed by atoms with Crippen LogP contribution in [-0.2, 0) is 9.53 Å². The lowest BCUT2D eigenvalue weighted by Crippen LogP contribution is -2.07. The first-order valence-electron chi connectivity index (χ1n) is 5.66. The minimum Gasteiger partial charge on any atom is -0.465 e. The maximum absolute atomic E-state index is 11.0. The van der Waals surface area contributed by atoms with Crippen molar-refractivity contribution in [3.8, 4) is 0 Å². The third kappa shape index (κ3) is 4.81. The molecule has 1 N–H and O–H groups in total. The van der Waals surface area contributed by atoms with E-state index in [4.69, 9.17) is 0 Å². The predicted molar refractivity (Wildman–Crippen MR) is 69.7 cm³/mol.